The van der Waals surface area contributed by atoms with Gasteiger partial charge >= 0.3 is 0 Å². The maximum Gasteiger partial charge on any atom is 0.261 e. The monoisotopic (exact) mass is 543 g/mol. The molecule has 0 bridgehead atoms. The Morgan fingerprint density at radius 2 is 1.81 bits per heavy atom. The minimum absolute atomic E-state index is 0.113. The summed E-state index contributed by atoms with van der Waals surface area (Å²) >= 11 is 12.0. The summed E-state index contributed by atoms with van der Waals surface area (Å²) in [6.45, 7) is 6.92. The average molecular weight is 544 g/mol. The highest BCUT2D eigenvalue weighted by Gasteiger charge is 2.22. The second kappa shape index (κ2) is 11.8. The van der Waals surface area contributed by atoms with Crippen LogP contribution < -0.4 is 15.8 Å². The van der Waals surface area contributed by atoms with Crippen LogP contribution in [0, 0.1) is 5.92 Å². The van der Waals surface area contributed by atoms with Crippen molar-refractivity contribution >= 4 is 45.7 Å². The van der Waals surface area contributed by atoms with Crippen LogP contribution >= 0.6 is 23.2 Å². The summed E-state index contributed by atoms with van der Waals surface area (Å²) in [5, 5.41) is 4.22. The van der Waals surface area contributed by atoms with Gasteiger partial charge in [0, 0.05) is 58.2 Å². The van der Waals surface area contributed by atoms with Crippen LogP contribution in [0.3, 0.4) is 0 Å². The van der Waals surface area contributed by atoms with Gasteiger partial charge in [-0.1, -0.05) is 29.3 Å². The standard InChI is InChI=1S/C27H31Cl2N5O3/c28-23-3-1-20(13-24(23)29)15-30-26(35)17-34-18-31-25-4-2-21(14-22(25)27(34)36)33-9-7-32(8-10-33)16-19-5-11-37-12-6-19/h1-4,13-14,18-19H,5-12,15-17H2,(H,30,35). The highest BCUT2D eigenvalue weighted by molar-refractivity contribution is 6.42. The van der Waals surface area contributed by atoms with Crippen molar-refractivity contribution in [3.63, 3.8) is 0 Å². The predicted octanol–water partition coefficient (Wildman–Crippen LogP) is 3.57. The maximum absolute atomic E-state index is 13.2. The van der Waals surface area contributed by atoms with Gasteiger partial charge in [0.1, 0.15) is 6.54 Å². The molecule has 196 valence electrons. The Balaban J connectivity index is 1.21. The molecule has 8 nitrogen and oxygen atoms in total. The number of ether oxygens (including phenoxy) is 1. The van der Waals surface area contributed by atoms with Gasteiger partial charge in [-0.25, -0.2) is 4.98 Å². The fraction of sp³-hybridized carbons (Fsp3) is 0.444. The van der Waals surface area contributed by atoms with E-state index in [4.69, 9.17) is 27.9 Å². The van der Waals surface area contributed by atoms with E-state index in [-0.39, 0.29) is 24.6 Å². The molecule has 1 N–H and O–H groups in total. The van der Waals surface area contributed by atoms with Gasteiger partial charge in [0.05, 0.1) is 27.3 Å². The van der Waals surface area contributed by atoms with Gasteiger partial charge in [0.25, 0.3) is 5.56 Å². The van der Waals surface area contributed by atoms with Crippen molar-refractivity contribution in [2.75, 3.05) is 50.8 Å². The Morgan fingerprint density at radius 1 is 1.03 bits per heavy atom. The van der Waals surface area contributed by atoms with Gasteiger partial charge in [-0.2, -0.15) is 0 Å². The zero-order valence-electron chi connectivity index (χ0n) is 20.7. The number of benzene rings is 2. The number of fused-ring (bicyclic) bond motifs is 1. The molecular weight excluding hydrogens is 513 g/mol. The number of hydrogen-bond donors (Lipinski definition) is 1. The molecule has 0 unspecified atom stereocenters. The van der Waals surface area contributed by atoms with Crippen LogP contribution in [0.2, 0.25) is 10.0 Å². The Bertz CT molecular complexity index is 1320. The third-order valence-electron chi connectivity index (χ3n) is 7.19. The zero-order valence-corrected chi connectivity index (χ0v) is 22.2. The van der Waals surface area contributed by atoms with Crippen LogP contribution in [0.5, 0.6) is 0 Å². The first-order chi connectivity index (χ1) is 18.0. The number of nitrogens with zero attached hydrogens (tertiary/aromatic N) is 4. The minimum atomic E-state index is -0.286. The molecule has 0 radical (unpaired) electrons. The first-order valence-corrected chi connectivity index (χ1v) is 13.5. The first kappa shape index (κ1) is 26.0. The van der Waals surface area contributed by atoms with E-state index in [1.54, 1.807) is 18.2 Å². The van der Waals surface area contributed by atoms with Crippen molar-refractivity contribution in [2.45, 2.75) is 25.9 Å². The summed E-state index contributed by atoms with van der Waals surface area (Å²) in [5.74, 6) is 0.442. The minimum Gasteiger partial charge on any atom is -0.381 e. The lowest BCUT2D eigenvalue weighted by molar-refractivity contribution is -0.121. The number of carbonyl (C=O) groups excluding carboxylic acids is 1. The van der Waals surface area contributed by atoms with E-state index >= 15 is 0 Å². The van der Waals surface area contributed by atoms with Crippen LogP contribution in [-0.2, 0) is 22.6 Å². The highest BCUT2D eigenvalue weighted by atomic mass is 35.5. The van der Waals surface area contributed by atoms with E-state index in [0.717, 1.165) is 75.9 Å². The molecule has 3 aromatic rings. The molecule has 2 aliphatic rings. The number of hydrogen-bond acceptors (Lipinski definition) is 6. The smallest absolute Gasteiger partial charge is 0.261 e. The molecule has 0 saturated carbocycles. The molecule has 2 fully saturated rings. The summed E-state index contributed by atoms with van der Waals surface area (Å²) in [5.41, 5.74) is 2.23. The number of rotatable bonds is 7. The van der Waals surface area contributed by atoms with Crippen LogP contribution in [0.4, 0.5) is 5.69 Å². The molecule has 0 aliphatic carbocycles. The van der Waals surface area contributed by atoms with Crippen LogP contribution in [-0.4, -0.2) is 66.3 Å². The third kappa shape index (κ3) is 6.44. The molecular formula is C27H31Cl2N5O3. The molecule has 0 spiro atoms. The van der Waals surface area contributed by atoms with E-state index in [1.165, 1.54) is 10.9 Å². The van der Waals surface area contributed by atoms with Gasteiger partial charge in [-0.15, -0.1) is 0 Å². The first-order valence-electron chi connectivity index (χ1n) is 12.7. The number of amides is 1. The molecule has 1 aromatic heterocycles. The lowest BCUT2D eigenvalue weighted by Gasteiger charge is -2.38. The van der Waals surface area contributed by atoms with Crippen molar-refractivity contribution in [2.24, 2.45) is 5.92 Å². The van der Waals surface area contributed by atoms with Gasteiger partial charge in [0.15, 0.2) is 0 Å². The number of piperazine rings is 1. The molecule has 2 aliphatic heterocycles. The quantitative estimate of drug-likeness (QED) is 0.490. The summed E-state index contributed by atoms with van der Waals surface area (Å²) in [7, 11) is 0. The lowest BCUT2D eigenvalue weighted by Crippen LogP contribution is -2.48. The average Bonchev–Trinajstić information content (AvgIpc) is 2.92. The fourth-order valence-electron chi connectivity index (χ4n) is 5.00. The second-order valence-electron chi connectivity index (χ2n) is 9.75. The Morgan fingerprint density at radius 3 is 2.57 bits per heavy atom. The summed E-state index contributed by atoms with van der Waals surface area (Å²) < 4.78 is 6.84. The van der Waals surface area contributed by atoms with E-state index in [0.29, 0.717) is 20.9 Å². The summed E-state index contributed by atoms with van der Waals surface area (Å²) in [6.07, 6.45) is 3.73. The fourth-order valence-corrected chi connectivity index (χ4v) is 5.32. The van der Waals surface area contributed by atoms with E-state index in [9.17, 15) is 9.59 Å². The van der Waals surface area contributed by atoms with Crippen molar-refractivity contribution in [1.29, 1.82) is 0 Å². The Hall–Kier alpha value is -2.65. The van der Waals surface area contributed by atoms with Crippen molar-refractivity contribution in [3.8, 4) is 0 Å². The van der Waals surface area contributed by atoms with Crippen LogP contribution in [0.1, 0.15) is 18.4 Å². The molecule has 10 heteroatoms. The van der Waals surface area contributed by atoms with Gasteiger partial charge in [-0.05, 0) is 54.7 Å². The van der Waals surface area contributed by atoms with Gasteiger partial charge in [0.2, 0.25) is 5.91 Å². The van der Waals surface area contributed by atoms with Gasteiger partial charge in [-0.3, -0.25) is 19.1 Å². The molecule has 3 heterocycles. The van der Waals surface area contributed by atoms with Gasteiger partial charge < -0.3 is 15.0 Å². The van der Waals surface area contributed by atoms with Crippen LogP contribution in [0.15, 0.2) is 47.5 Å². The van der Waals surface area contributed by atoms with E-state index in [2.05, 4.69) is 20.1 Å². The van der Waals surface area contributed by atoms with Crippen LogP contribution in [0.25, 0.3) is 10.9 Å². The number of nitrogens with one attached hydrogen (secondary N) is 1. The molecule has 1 amide bonds. The summed E-state index contributed by atoms with van der Waals surface area (Å²) in [4.78, 5) is 35.0. The Kier molecular flexibility index (Phi) is 8.30. The topological polar surface area (TPSA) is 79.7 Å². The molecule has 5 rings (SSSR count). The largest absolute Gasteiger partial charge is 0.381 e. The number of anilines is 1. The number of carbonyl (C=O) groups is 1. The Labute approximate surface area is 226 Å². The molecule has 37 heavy (non-hydrogen) atoms. The zero-order chi connectivity index (χ0) is 25.8. The summed E-state index contributed by atoms with van der Waals surface area (Å²) in [6, 6.07) is 11.0. The second-order valence-corrected chi connectivity index (χ2v) is 10.6. The SMILES string of the molecule is O=C(Cn1cnc2ccc(N3CCN(CC4CCOCC4)CC3)cc2c1=O)NCc1ccc(Cl)c(Cl)c1. The molecule has 2 saturated heterocycles. The van der Waals surface area contributed by atoms with Crippen molar-refractivity contribution in [3.05, 3.63) is 68.7 Å². The molecule has 2 aromatic carbocycles. The lowest BCUT2D eigenvalue weighted by atomic mass is 9.99. The van der Waals surface area contributed by atoms with E-state index in [1.807, 2.05) is 18.2 Å². The third-order valence-corrected chi connectivity index (χ3v) is 7.93. The predicted molar refractivity (Wildman–Crippen MR) is 147 cm³/mol. The maximum atomic E-state index is 13.2. The van der Waals surface area contributed by atoms with E-state index < -0.39 is 0 Å². The number of aromatic nitrogens is 2. The molecule has 0 atom stereocenters. The van der Waals surface area contributed by atoms with Crippen molar-refractivity contribution < 1.29 is 9.53 Å². The normalized spacial score (nSPS) is 17.3. The highest BCUT2D eigenvalue weighted by Crippen LogP contribution is 2.23. The van der Waals surface area contributed by atoms with Crippen molar-refractivity contribution in [1.82, 2.24) is 19.8 Å². The number of halogens is 2.